The molecule has 0 aliphatic heterocycles. The largest absolute Gasteiger partial charge is 0.354 e. The Morgan fingerprint density at radius 3 is 2.57 bits per heavy atom. The van der Waals surface area contributed by atoms with Crippen LogP contribution in [0, 0.1) is 5.92 Å². The lowest BCUT2D eigenvalue weighted by molar-refractivity contribution is 0.486. The van der Waals surface area contributed by atoms with E-state index in [2.05, 4.69) is 29.1 Å². The fourth-order valence-corrected chi connectivity index (χ4v) is 1.48. The van der Waals surface area contributed by atoms with Gasteiger partial charge in [-0.2, -0.15) is 0 Å². The second-order valence-electron chi connectivity index (χ2n) is 3.52. The first-order chi connectivity index (χ1) is 6.86. The Labute approximate surface area is 86.0 Å². The predicted molar refractivity (Wildman–Crippen MR) is 59.2 cm³/mol. The van der Waals surface area contributed by atoms with Crippen molar-refractivity contribution >= 4 is 5.95 Å². The lowest BCUT2D eigenvalue weighted by Crippen LogP contribution is -2.14. The van der Waals surface area contributed by atoms with Crippen LogP contribution >= 0.6 is 0 Å². The zero-order valence-corrected chi connectivity index (χ0v) is 9.03. The zero-order chi connectivity index (χ0) is 10.2. The Morgan fingerprint density at radius 1 is 1.29 bits per heavy atom. The van der Waals surface area contributed by atoms with E-state index in [4.69, 9.17) is 0 Å². The van der Waals surface area contributed by atoms with Crippen molar-refractivity contribution in [3.63, 3.8) is 0 Å². The van der Waals surface area contributed by atoms with Crippen molar-refractivity contribution in [2.24, 2.45) is 5.92 Å². The molecular formula is C11H19N3. The van der Waals surface area contributed by atoms with Crippen LogP contribution in [0.5, 0.6) is 0 Å². The van der Waals surface area contributed by atoms with Crippen molar-refractivity contribution in [1.82, 2.24) is 9.97 Å². The van der Waals surface area contributed by atoms with Gasteiger partial charge in [-0.15, -0.1) is 0 Å². The van der Waals surface area contributed by atoms with Crippen LogP contribution in [-0.4, -0.2) is 16.5 Å². The molecule has 1 rings (SSSR count). The Morgan fingerprint density at radius 2 is 2.00 bits per heavy atom. The van der Waals surface area contributed by atoms with E-state index in [0.29, 0.717) is 0 Å². The fraction of sp³-hybridized carbons (Fsp3) is 0.636. The number of nitrogens with zero attached hydrogens (tertiary/aromatic N) is 2. The Bertz CT molecular complexity index is 236. The van der Waals surface area contributed by atoms with E-state index < -0.39 is 0 Å². The van der Waals surface area contributed by atoms with Crippen molar-refractivity contribution in [1.29, 1.82) is 0 Å². The molecule has 14 heavy (non-hydrogen) atoms. The summed E-state index contributed by atoms with van der Waals surface area (Å²) in [7, 11) is 0. The molecule has 78 valence electrons. The van der Waals surface area contributed by atoms with Crippen LogP contribution in [0.25, 0.3) is 0 Å². The lowest BCUT2D eigenvalue weighted by Gasteiger charge is -2.14. The lowest BCUT2D eigenvalue weighted by atomic mass is 10.0. The maximum absolute atomic E-state index is 4.12. The summed E-state index contributed by atoms with van der Waals surface area (Å²) >= 11 is 0. The van der Waals surface area contributed by atoms with Gasteiger partial charge < -0.3 is 5.32 Å². The second-order valence-corrected chi connectivity index (χ2v) is 3.52. The van der Waals surface area contributed by atoms with Gasteiger partial charge in [0.25, 0.3) is 0 Å². The predicted octanol–water partition coefficient (Wildman–Crippen LogP) is 2.71. The van der Waals surface area contributed by atoms with Gasteiger partial charge in [0.2, 0.25) is 5.95 Å². The highest BCUT2D eigenvalue weighted by Gasteiger charge is 2.04. The molecule has 1 heterocycles. The first kappa shape index (κ1) is 11.0. The summed E-state index contributed by atoms with van der Waals surface area (Å²) in [4.78, 5) is 8.25. The number of rotatable bonds is 6. The van der Waals surface area contributed by atoms with Crippen LogP contribution in [0.4, 0.5) is 5.95 Å². The van der Waals surface area contributed by atoms with E-state index in [0.717, 1.165) is 18.4 Å². The minimum absolute atomic E-state index is 0.738. The Balaban J connectivity index is 2.32. The van der Waals surface area contributed by atoms with Crippen LogP contribution in [0.1, 0.15) is 33.1 Å². The zero-order valence-electron chi connectivity index (χ0n) is 9.03. The van der Waals surface area contributed by atoms with Gasteiger partial charge in [-0.1, -0.05) is 26.7 Å². The average molecular weight is 193 g/mol. The van der Waals surface area contributed by atoms with Crippen LogP contribution in [0.3, 0.4) is 0 Å². The summed E-state index contributed by atoms with van der Waals surface area (Å²) in [6, 6.07) is 1.83. The third-order valence-electron chi connectivity index (χ3n) is 2.39. The summed E-state index contributed by atoms with van der Waals surface area (Å²) in [5.74, 6) is 1.48. The van der Waals surface area contributed by atoms with Crippen molar-refractivity contribution in [3.8, 4) is 0 Å². The van der Waals surface area contributed by atoms with Gasteiger partial charge in [0.05, 0.1) is 0 Å². The van der Waals surface area contributed by atoms with Gasteiger partial charge in [0.15, 0.2) is 0 Å². The van der Waals surface area contributed by atoms with Crippen LogP contribution < -0.4 is 5.32 Å². The molecule has 0 aliphatic rings. The van der Waals surface area contributed by atoms with Crippen molar-refractivity contribution in [3.05, 3.63) is 18.5 Å². The summed E-state index contributed by atoms with van der Waals surface area (Å²) in [6.45, 7) is 5.43. The van der Waals surface area contributed by atoms with Crippen molar-refractivity contribution in [2.75, 3.05) is 11.9 Å². The molecule has 0 saturated heterocycles. The molecule has 3 nitrogen and oxygen atoms in total. The molecule has 1 aromatic rings. The molecule has 0 radical (unpaired) electrons. The normalized spacial score (nSPS) is 12.4. The molecule has 3 heteroatoms. The minimum Gasteiger partial charge on any atom is -0.354 e. The number of anilines is 1. The fourth-order valence-electron chi connectivity index (χ4n) is 1.48. The van der Waals surface area contributed by atoms with Gasteiger partial charge in [-0.25, -0.2) is 9.97 Å². The molecule has 1 N–H and O–H groups in total. The quantitative estimate of drug-likeness (QED) is 0.754. The van der Waals surface area contributed by atoms with Crippen molar-refractivity contribution < 1.29 is 0 Å². The first-order valence-corrected chi connectivity index (χ1v) is 5.37. The second kappa shape index (κ2) is 6.35. The third kappa shape index (κ3) is 3.73. The standard InChI is InChI=1S/C11H19N3/c1-3-6-10(4-2)9-14-11-12-7-5-8-13-11/h5,7-8,10H,3-4,6,9H2,1-2H3,(H,12,13,14)/t10-/m0/s1. The smallest absolute Gasteiger partial charge is 0.222 e. The van der Waals surface area contributed by atoms with Gasteiger partial charge in [-0.05, 0) is 18.4 Å². The van der Waals surface area contributed by atoms with Gasteiger partial charge in [0.1, 0.15) is 0 Å². The maximum Gasteiger partial charge on any atom is 0.222 e. The topological polar surface area (TPSA) is 37.8 Å². The van der Waals surface area contributed by atoms with E-state index in [1.807, 2.05) is 6.07 Å². The Kier molecular flexibility index (Phi) is 4.97. The molecule has 0 unspecified atom stereocenters. The summed E-state index contributed by atoms with van der Waals surface area (Å²) in [5.41, 5.74) is 0. The monoisotopic (exact) mass is 193 g/mol. The van der Waals surface area contributed by atoms with E-state index in [9.17, 15) is 0 Å². The number of aromatic nitrogens is 2. The first-order valence-electron chi connectivity index (χ1n) is 5.37. The molecular weight excluding hydrogens is 174 g/mol. The molecule has 0 aliphatic carbocycles. The van der Waals surface area contributed by atoms with Crippen molar-refractivity contribution in [2.45, 2.75) is 33.1 Å². The molecule has 0 amide bonds. The third-order valence-corrected chi connectivity index (χ3v) is 2.39. The summed E-state index contributed by atoms with van der Waals surface area (Å²) < 4.78 is 0. The highest BCUT2D eigenvalue weighted by Crippen LogP contribution is 2.10. The van der Waals surface area contributed by atoms with Crippen LogP contribution in [0.2, 0.25) is 0 Å². The number of hydrogen-bond acceptors (Lipinski definition) is 3. The highest BCUT2D eigenvalue weighted by molar-refractivity contribution is 5.21. The number of nitrogens with one attached hydrogen (secondary N) is 1. The molecule has 1 atom stereocenters. The van der Waals surface area contributed by atoms with Gasteiger partial charge >= 0.3 is 0 Å². The molecule has 0 bridgehead atoms. The van der Waals surface area contributed by atoms with E-state index in [-0.39, 0.29) is 0 Å². The Hall–Kier alpha value is -1.12. The molecule has 0 saturated carbocycles. The van der Waals surface area contributed by atoms with Gasteiger partial charge in [0, 0.05) is 18.9 Å². The van der Waals surface area contributed by atoms with Crippen LogP contribution in [0.15, 0.2) is 18.5 Å². The summed E-state index contributed by atoms with van der Waals surface area (Å²) in [5, 5.41) is 3.26. The maximum atomic E-state index is 4.12. The molecule has 1 aromatic heterocycles. The minimum atomic E-state index is 0.738. The van der Waals surface area contributed by atoms with E-state index in [1.165, 1.54) is 19.3 Å². The SMILES string of the molecule is CCC[C@H](CC)CNc1ncccn1. The molecule has 0 fully saturated rings. The van der Waals surface area contributed by atoms with Crippen LogP contribution in [-0.2, 0) is 0 Å². The van der Waals surface area contributed by atoms with E-state index in [1.54, 1.807) is 12.4 Å². The van der Waals surface area contributed by atoms with E-state index >= 15 is 0 Å². The molecule has 0 spiro atoms. The molecule has 0 aromatic carbocycles. The number of hydrogen-bond donors (Lipinski definition) is 1. The highest BCUT2D eigenvalue weighted by atomic mass is 15.1. The van der Waals surface area contributed by atoms with Gasteiger partial charge in [-0.3, -0.25) is 0 Å². The summed E-state index contributed by atoms with van der Waals surface area (Å²) in [6.07, 6.45) is 7.26. The average Bonchev–Trinajstić information content (AvgIpc) is 2.25.